The lowest BCUT2D eigenvalue weighted by atomic mass is 9.99. The number of amides is 1. The van der Waals surface area contributed by atoms with Gasteiger partial charge in [0.2, 0.25) is 0 Å². The molecule has 2 heterocycles. The molecule has 2 saturated heterocycles. The number of nitrogens with zero attached hydrogens (tertiary/aromatic N) is 3. The predicted molar refractivity (Wildman–Crippen MR) is 120 cm³/mol. The predicted octanol–water partition coefficient (Wildman–Crippen LogP) is 4.90. The number of benzene rings is 2. The van der Waals surface area contributed by atoms with Gasteiger partial charge in [-0.15, -0.1) is 0 Å². The lowest BCUT2D eigenvalue weighted by Gasteiger charge is -2.36. The minimum absolute atomic E-state index is 0.0214. The first-order valence-corrected chi connectivity index (χ1v) is 11.3. The van der Waals surface area contributed by atoms with Gasteiger partial charge >= 0.3 is 6.18 Å². The number of piperazine rings is 1. The van der Waals surface area contributed by atoms with Gasteiger partial charge < -0.3 is 9.80 Å². The molecule has 4 nitrogen and oxygen atoms in total. The van der Waals surface area contributed by atoms with Crippen LogP contribution in [0.3, 0.4) is 0 Å². The highest BCUT2D eigenvalue weighted by molar-refractivity contribution is 5.94. The van der Waals surface area contributed by atoms with E-state index in [1.807, 2.05) is 29.2 Å². The smallest absolute Gasteiger partial charge is 0.368 e. The molecule has 2 aliphatic rings. The van der Waals surface area contributed by atoms with Gasteiger partial charge in [-0.1, -0.05) is 25.1 Å². The van der Waals surface area contributed by atoms with Crippen LogP contribution in [0.1, 0.15) is 41.3 Å². The van der Waals surface area contributed by atoms with Crippen molar-refractivity contribution in [2.45, 2.75) is 32.5 Å². The molecular formula is C25H30F3N3O. The molecule has 7 heteroatoms. The Bertz CT molecular complexity index is 921. The molecule has 0 spiro atoms. The van der Waals surface area contributed by atoms with Crippen molar-refractivity contribution in [2.24, 2.45) is 5.92 Å². The van der Waals surface area contributed by atoms with Crippen LogP contribution >= 0.6 is 0 Å². The fraction of sp³-hybridized carbons (Fsp3) is 0.480. The van der Waals surface area contributed by atoms with Gasteiger partial charge in [-0.2, -0.15) is 13.2 Å². The first kappa shape index (κ1) is 22.6. The molecular weight excluding hydrogens is 415 g/mol. The normalized spacial score (nSPS) is 20.4. The maximum absolute atomic E-state index is 13.0. The van der Waals surface area contributed by atoms with Crippen LogP contribution in [0, 0.1) is 5.92 Å². The van der Waals surface area contributed by atoms with E-state index < -0.39 is 11.7 Å². The third kappa shape index (κ3) is 5.44. The van der Waals surface area contributed by atoms with Crippen LogP contribution < -0.4 is 4.90 Å². The third-order valence-corrected chi connectivity index (χ3v) is 6.45. The first-order chi connectivity index (χ1) is 15.3. The average molecular weight is 446 g/mol. The van der Waals surface area contributed by atoms with E-state index in [0.29, 0.717) is 37.4 Å². The van der Waals surface area contributed by atoms with E-state index in [4.69, 9.17) is 0 Å². The zero-order valence-corrected chi connectivity index (χ0v) is 18.4. The lowest BCUT2D eigenvalue weighted by Crippen LogP contribution is -2.48. The van der Waals surface area contributed by atoms with Crippen LogP contribution in [-0.4, -0.2) is 55.0 Å². The molecule has 2 aliphatic heterocycles. The van der Waals surface area contributed by atoms with E-state index >= 15 is 0 Å². The minimum Gasteiger partial charge on any atom is -0.368 e. The van der Waals surface area contributed by atoms with E-state index in [1.165, 1.54) is 30.5 Å². The molecule has 2 fully saturated rings. The number of piperidine rings is 1. The van der Waals surface area contributed by atoms with E-state index in [1.54, 1.807) is 11.0 Å². The van der Waals surface area contributed by atoms with Crippen LogP contribution in [0.2, 0.25) is 0 Å². The highest BCUT2D eigenvalue weighted by Crippen LogP contribution is 2.32. The summed E-state index contributed by atoms with van der Waals surface area (Å²) in [5.74, 6) is 0.714. The zero-order chi connectivity index (χ0) is 22.7. The molecule has 1 unspecified atom stereocenters. The fourth-order valence-electron chi connectivity index (χ4n) is 4.67. The average Bonchev–Trinajstić information content (AvgIpc) is 2.79. The molecule has 0 bridgehead atoms. The van der Waals surface area contributed by atoms with Crippen molar-refractivity contribution < 1.29 is 18.0 Å². The maximum atomic E-state index is 13.0. The van der Waals surface area contributed by atoms with Crippen LogP contribution in [0.5, 0.6) is 0 Å². The standard InChI is InChI=1S/C25H30F3N3O/c1-19-4-3-11-29(17-19)18-20-7-9-21(10-8-20)24(32)31-14-12-30(13-15-31)23-6-2-5-22(16-23)25(26,27)28/h2,5-10,16,19H,3-4,11-15,17-18H2,1H3. The Labute approximate surface area is 187 Å². The number of alkyl halides is 3. The molecule has 2 aromatic rings. The van der Waals surface area contributed by atoms with Gasteiger partial charge in [0.25, 0.3) is 5.91 Å². The topological polar surface area (TPSA) is 26.8 Å². The van der Waals surface area contributed by atoms with Crippen molar-refractivity contribution in [3.8, 4) is 0 Å². The molecule has 0 saturated carbocycles. The van der Waals surface area contributed by atoms with Gasteiger partial charge in [-0.3, -0.25) is 9.69 Å². The quantitative estimate of drug-likeness (QED) is 0.670. The van der Waals surface area contributed by atoms with E-state index in [9.17, 15) is 18.0 Å². The van der Waals surface area contributed by atoms with Gasteiger partial charge in [-0.25, -0.2) is 0 Å². The number of hydrogen-bond acceptors (Lipinski definition) is 3. The number of anilines is 1. The van der Waals surface area contributed by atoms with Gasteiger partial charge in [-0.05, 0) is 61.2 Å². The first-order valence-electron chi connectivity index (χ1n) is 11.3. The molecule has 2 aromatic carbocycles. The second-order valence-corrected chi connectivity index (χ2v) is 9.01. The molecule has 32 heavy (non-hydrogen) atoms. The summed E-state index contributed by atoms with van der Waals surface area (Å²) in [5.41, 5.74) is 1.77. The Morgan fingerprint density at radius 2 is 1.72 bits per heavy atom. The van der Waals surface area contributed by atoms with E-state index in [-0.39, 0.29) is 5.91 Å². The molecule has 0 aliphatic carbocycles. The monoisotopic (exact) mass is 445 g/mol. The summed E-state index contributed by atoms with van der Waals surface area (Å²) in [4.78, 5) is 19.1. The maximum Gasteiger partial charge on any atom is 0.416 e. The molecule has 4 rings (SSSR count). The summed E-state index contributed by atoms with van der Waals surface area (Å²) in [7, 11) is 0. The Morgan fingerprint density at radius 3 is 2.38 bits per heavy atom. The Morgan fingerprint density at radius 1 is 1.00 bits per heavy atom. The number of rotatable bonds is 4. The van der Waals surface area contributed by atoms with Crippen LogP contribution in [0.4, 0.5) is 18.9 Å². The number of halogens is 3. The van der Waals surface area contributed by atoms with Gasteiger partial charge in [0.15, 0.2) is 0 Å². The van der Waals surface area contributed by atoms with Crippen molar-refractivity contribution >= 4 is 11.6 Å². The molecule has 0 N–H and O–H groups in total. The summed E-state index contributed by atoms with van der Waals surface area (Å²) < 4.78 is 39.0. The molecule has 1 atom stereocenters. The largest absolute Gasteiger partial charge is 0.416 e. The van der Waals surface area contributed by atoms with E-state index in [2.05, 4.69) is 11.8 Å². The van der Waals surface area contributed by atoms with Crippen molar-refractivity contribution in [2.75, 3.05) is 44.2 Å². The number of carbonyl (C=O) groups excluding carboxylic acids is 1. The lowest BCUT2D eigenvalue weighted by molar-refractivity contribution is -0.137. The SMILES string of the molecule is CC1CCCN(Cc2ccc(C(=O)N3CCN(c4cccc(C(F)(F)F)c4)CC3)cc2)C1. The number of likely N-dealkylation sites (tertiary alicyclic amines) is 1. The summed E-state index contributed by atoms with van der Waals surface area (Å²) >= 11 is 0. The Hall–Kier alpha value is -2.54. The summed E-state index contributed by atoms with van der Waals surface area (Å²) in [6.07, 6.45) is -1.82. The minimum atomic E-state index is -4.35. The fourth-order valence-corrected chi connectivity index (χ4v) is 4.67. The van der Waals surface area contributed by atoms with Gasteiger partial charge in [0, 0.05) is 50.5 Å². The zero-order valence-electron chi connectivity index (χ0n) is 18.4. The second kappa shape index (κ2) is 9.53. The Kier molecular flexibility index (Phi) is 6.74. The highest BCUT2D eigenvalue weighted by atomic mass is 19.4. The second-order valence-electron chi connectivity index (χ2n) is 9.01. The van der Waals surface area contributed by atoms with Crippen LogP contribution in [0.25, 0.3) is 0 Å². The summed E-state index contributed by atoms with van der Waals surface area (Å²) in [5, 5.41) is 0. The molecule has 172 valence electrons. The molecule has 1 amide bonds. The van der Waals surface area contributed by atoms with Crippen LogP contribution in [-0.2, 0) is 12.7 Å². The number of carbonyl (C=O) groups is 1. The van der Waals surface area contributed by atoms with Gasteiger partial charge in [0.05, 0.1) is 5.56 Å². The third-order valence-electron chi connectivity index (χ3n) is 6.45. The van der Waals surface area contributed by atoms with Gasteiger partial charge in [0.1, 0.15) is 0 Å². The number of hydrogen-bond donors (Lipinski definition) is 0. The summed E-state index contributed by atoms with van der Waals surface area (Å²) in [6, 6.07) is 13.2. The Balaban J connectivity index is 1.32. The molecule has 0 radical (unpaired) electrons. The van der Waals surface area contributed by atoms with E-state index in [0.717, 1.165) is 31.6 Å². The van der Waals surface area contributed by atoms with Crippen molar-refractivity contribution in [3.05, 3.63) is 65.2 Å². The highest BCUT2D eigenvalue weighted by Gasteiger charge is 2.31. The summed E-state index contributed by atoms with van der Waals surface area (Å²) in [6.45, 7) is 7.45. The van der Waals surface area contributed by atoms with Crippen molar-refractivity contribution in [1.82, 2.24) is 9.80 Å². The van der Waals surface area contributed by atoms with Crippen molar-refractivity contribution in [3.63, 3.8) is 0 Å². The molecule has 0 aromatic heterocycles. The van der Waals surface area contributed by atoms with Crippen LogP contribution in [0.15, 0.2) is 48.5 Å². The van der Waals surface area contributed by atoms with Crippen molar-refractivity contribution in [1.29, 1.82) is 0 Å².